The number of halogens is 3. The zero-order valence-corrected chi connectivity index (χ0v) is 30.6. The maximum Gasteiger partial charge on any atom is 0.408 e. The number of hydrogen-bond acceptors (Lipinski definition) is 10. The average Bonchev–Trinajstić information content (AvgIpc) is 3.57. The van der Waals surface area contributed by atoms with Gasteiger partial charge in [0.25, 0.3) is 22.9 Å². The van der Waals surface area contributed by atoms with Gasteiger partial charge in [-0.15, -0.1) is 0 Å². The number of hydrogen-bond donors (Lipinski definition) is 6. The molecule has 0 aliphatic heterocycles. The molecule has 57 heavy (non-hydrogen) atoms. The van der Waals surface area contributed by atoms with Gasteiger partial charge in [0.2, 0.25) is 0 Å². The smallest absolute Gasteiger partial charge is 0.408 e. The lowest BCUT2D eigenvalue weighted by Gasteiger charge is -2.19. The highest BCUT2D eigenvalue weighted by Gasteiger charge is 2.32. The first-order chi connectivity index (χ1) is 26.8. The Morgan fingerprint density at radius 2 is 1.51 bits per heavy atom. The van der Waals surface area contributed by atoms with Crippen LogP contribution in [0.1, 0.15) is 43.0 Å². The van der Waals surface area contributed by atoms with E-state index in [-0.39, 0.29) is 77.8 Å². The summed E-state index contributed by atoms with van der Waals surface area (Å²) < 4.78 is 44.5. The lowest BCUT2D eigenvalue weighted by Crippen LogP contribution is -2.30. The second-order valence-corrected chi connectivity index (χ2v) is 13.4. The lowest BCUT2D eigenvalue weighted by atomic mass is 10.0. The molecule has 0 saturated carbocycles. The van der Waals surface area contributed by atoms with Crippen LogP contribution in [-0.2, 0) is 6.54 Å². The molecule has 16 nitrogen and oxygen atoms in total. The Hall–Kier alpha value is -7.57. The number of aromatic hydroxyl groups is 2. The van der Waals surface area contributed by atoms with Crippen molar-refractivity contribution in [3.8, 4) is 28.6 Å². The number of carbonyl (C=O) groups excluding carboxylic acids is 2. The predicted molar refractivity (Wildman–Crippen MR) is 206 cm³/mol. The van der Waals surface area contributed by atoms with E-state index in [0.717, 1.165) is 6.07 Å². The van der Waals surface area contributed by atoms with E-state index in [1.54, 1.807) is 39.0 Å². The SMILES string of the molecule is Cc1cc(NC(=O)c2c(N)n(-c3c(C)ccc(O)c3C)c3cc(=O)n(CC(F)(F)F)nc23)c(O)c(C)c1-n1c(N)c(C(N)=O)c2cn(-c3cccnc3)c(=O)cc21. The van der Waals surface area contributed by atoms with Gasteiger partial charge in [0.1, 0.15) is 40.8 Å². The van der Waals surface area contributed by atoms with Crippen LogP contribution in [0.4, 0.5) is 30.5 Å². The van der Waals surface area contributed by atoms with E-state index >= 15 is 0 Å². The van der Waals surface area contributed by atoms with Gasteiger partial charge in [-0.25, -0.2) is 4.68 Å². The monoisotopic (exact) mass is 782 g/mol. The van der Waals surface area contributed by atoms with Crippen molar-refractivity contribution in [1.82, 2.24) is 28.5 Å². The molecular weight excluding hydrogens is 749 g/mol. The fraction of sp³-hybridized carbons (Fsp3) is 0.158. The molecule has 0 saturated heterocycles. The number of fused-ring (bicyclic) bond motifs is 2. The molecule has 0 aliphatic rings. The van der Waals surface area contributed by atoms with Gasteiger partial charge in [0, 0.05) is 41.0 Å². The number of carbonyl (C=O) groups is 2. The van der Waals surface area contributed by atoms with Gasteiger partial charge in [-0.1, -0.05) is 6.07 Å². The van der Waals surface area contributed by atoms with Crippen LogP contribution in [0.5, 0.6) is 11.5 Å². The van der Waals surface area contributed by atoms with Crippen molar-refractivity contribution >= 4 is 51.1 Å². The second-order valence-electron chi connectivity index (χ2n) is 13.4. The number of nitrogens with one attached hydrogen (secondary N) is 1. The Morgan fingerprint density at radius 1 is 0.860 bits per heavy atom. The van der Waals surface area contributed by atoms with Crippen LogP contribution in [0.3, 0.4) is 0 Å². The van der Waals surface area contributed by atoms with Crippen molar-refractivity contribution in [2.75, 3.05) is 16.8 Å². The van der Waals surface area contributed by atoms with Gasteiger partial charge in [-0.05, 0) is 63.1 Å². The number of nitrogen functional groups attached to an aromatic ring is 2. The van der Waals surface area contributed by atoms with Crippen LogP contribution in [0, 0.1) is 27.7 Å². The van der Waals surface area contributed by atoms with Crippen molar-refractivity contribution in [2.45, 2.75) is 40.4 Å². The van der Waals surface area contributed by atoms with Gasteiger partial charge >= 0.3 is 6.18 Å². The fourth-order valence-electron chi connectivity index (χ4n) is 7.17. The molecule has 7 aromatic rings. The topological polar surface area (TPSA) is 244 Å². The number of aryl methyl sites for hydroxylation is 2. The zero-order valence-electron chi connectivity index (χ0n) is 30.6. The summed E-state index contributed by atoms with van der Waals surface area (Å²) in [5.41, 5.74) is 18.5. The minimum absolute atomic E-state index is 0.0983. The summed E-state index contributed by atoms with van der Waals surface area (Å²) in [6.45, 7) is 4.55. The van der Waals surface area contributed by atoms with E-state index in [2.05, 4.69) is 15.4 Å². The van der Waals surface area contributed by atoms with Crippen LogP contribution in [0.25, 0.3) is 39.0 Å². The molecule has 2 amide bonds. The molecule has 2 aromatic carbocycles. The number of phenols is 2. The molecule has 9 N–H and O–H groups in total. The first kappa shape index (κ1) is 37.7. The van der Waals surface area contributed by atoms with Crippen LogP contribution in [-0.4, -0.2) is 56.7 Å². The standard InChI is InChI=1S/C38H33F3N10O6/c1-16-7-8-25(52)18(3)31(16)51-24-12-27(54)49(15-38(39,40)41)47-30(24)29(35(51)43)37(57)46-22-10-17(2)32(19(4)33(22)55)50-23-11-26(53)48(20-6-5-9-45-13-20)14-21(23)28(34(50)42)36(44)56/h5-14,52,55H,15,42-43H2,1-4H3,(H2,44,56)(H,46,57). The number of anilines is 3. The highest BCUT2D eigenvalue weighted by Crippen LogP contribution is 2.41. The number of phenolic OH excluding ortho intramolecular Hbond substituents is 2. The molecule has 0 unspecified atom stereocenters. The maximum absolute atomic E-state index is 14.2. The summed E-state index contributed by atoms with van der Waals surface area (Å²) in [6, 6.07) is 9.72. The Labute approximate surface area is 318 Å². The van der Waals surface area contributed by atoms with Crippen LogP contribution in [0.2, 0.25) is 0 Å². The largest absolute Gasteiger partial charge is 0.508 e. The molecule has 0 bridgehead atoms. The normalized spacial score (nSPS) is 11.8. The van der Waals surface area contributed by atoms with Gasteiger partial charge in [0.05, 0.1) is 45.5 Å². The van der Waals surface area contributed by atoms with E-state index in [0.29, 0.717) is 16.8 Å². The molecule has 292 valence electrons. The molecule has 0 atom stereocenters. The van der Waals surface area contributed by atoms with E-state index in [9.17, 15) is 42.6 Å². The molecular formula is C38H33F3N10O6. The summed E-state index contributed by atoms with van der Waals surface area (Å²) in [4.78, 5) is 57.3. The number of primary amides is 1. The van der Waals surface area contributed by atoms with Gasteiger partial charge < -0.3 is 32.7 Å². The summed E-state index contributed by atoms with van der Waals surface area (Å²) >= 11 is 0. The summed E-state index contributed by atoms with van der Waals surface area (Å²) in [5.74, 6) is -3.02. The molecule has 0 fully saturated rings. The maximum atomic E-state index is 14.2. The molecule has 0 radical (unpaired) electrons. The minimum atomic E-state index is -4.84. The number of rotatable bonds is 7. The van der Waals surface area contributed by atoms with Crippen LogP contribution < -0.4 is 33.6 Å². The first-order valence-electron chi connectivity index (χ1n) is 17.0. The second kappa shape index (κ2) is 13.3. The number of alkyl halides is 3. The van der Waals surface area contributed by atoms with Crippen molar-refractivity contribution in [3.05, 3.63) is 115 Å². The summed E-state index contributed by atoms with van der Waals surface area (Å²) in [6.07, 6.45) is -0.456. The number of benzene rings is 2. The molecule has 19 heteroatoms. The van der Waals surface area contributed by atoms with Crippen molar-refractivity contribution in [3.63, 3.8) is 0 Å². The van der Waals surface area contributed by atoms with Crippen molar-refractivity contribution < 1.29 is 33.0 Å². The minimum Gasteiger partial charge on any atom is -0.508 e. The third-order valence-electron chi connectivity index (χ3n) is 9.72. The average molecular weight is 783 g/mol. The Bertz CT molecular complexity index is 2980. The third kappa shape index (κ3) is 6.14. The quantitative estimate of drug-likeness (QED) is 0.125. The number of nitrogens with zero attached hydrogens (tertiary/aromatic N) is 6. The number of aromatic nitrogens is 6. The third-order valence-corrected chi connectivity index (χ3v) is 9.72. The molecule has 5 heterocycles. The summed E-state index contributed by atoms with van der Waals surface area (Å²) in [5, 5.41) is 28.8. The highest BCUT2D eigenvalue weighted by molar-refractivity contribution is 6.17. The number of pyridine rings is 2. The van der Waals surface area contributed by atoms with Crippen LogP contribution in [0.15, 0.2) is 70.6 Å². The molecule has 0 spiro atoms. The van der Waals surface area contributed by atoms with E-state index in [4.69, 9.17) is 17.2 Å². The summed E-state index contributed by atoms with van der Waals surface area (Å²) in [7, 11) is 0. The van der Waals surface area contributed by atoms with Gasteiger partial charge in [-0.3, -0.25) is 37.9 Å². The first-order valence-corrected chi connectivity index (χ1v) is 17.0. The Balaban J connectivity index is 1.39. The number of nitrogens with two attached hydrogens (primary N) is 3. The molecule has 7 rings (SSSR count). The lowest BCUT2D eigenvalue weighted by molar-refractivity contribution is -0.143. The predicted octanol–water partition coefficient (Wildman–Crippen LogP) is 4.40. The van der Waals surface area contributed by atoms with Gasteiger partial charge in [0.15, 0.2) is 0 Å². The van der Waals surface area contributed by atoms with Crippen LogP contribution >= 0.6 is 0 Å². The zero-order chi connectivity index (χ0) is 41.4. The Morgan fingerprint density at radius 3 is 2.16 bits per heavy atom. The van der Waals surface area contributed by atoms with E-state index in [1.807, 2.05) is 0 Å². The molecule has 0 aliphatic carbocycles. The number of amides is 2. The van der Waals surface area contributed by atoms with E-state index < -0.39 is 47.0 Å². The molecule has 5 aromatic heterocycles. The highest BCUT2D eigenvalue weighted by atomic mass is 19.4. The Kier molecular flexibility index (Phi) is 8.82. The van der Waals surface area contributed by atoms with E-state index in [1.165, 1.54) is 57.4 Å². The van der Waals surface area contributed by atoms with Gasteiger partial charge in [-0.2, -0.15) is 18.3 Å². The van der Waals surface area contributed by atoms with Crippen molar-refractivity contribution in [1.29, 1.82) is 0 Å². The van der Waals surface area contributed by atoms with Crippen molar-refractivity contribution in [2.24, 2.45) is 5.73 Å². The fourth-order valence-corrected chi connectivity index (χ4v) is 7.17.